The average Bonchev–Trinajstić information content (AvgIpc) is 2.60. The maximum Gasteiger partial charge on any atom is 0.335 e. The first-order chi connectivity index (χ1) is 11.8. The minimum absolute atomic E-state index is 0.133. The molecule has 0 fully saturated rings. The maximum atomic E-state index is 12.3. The van der Waals surface area contributed by atoms with Crippen LogP contribution in [0.2, 0.25) is 5.02 Å². The predicted molar refractivity (Wildman–Crippen MR) is 97.8 cm³/mol. The van der Waals surface area contributed by atoms with E-state index in [1.807, 2.05) is 6.92 Å². The van der Waals surface area contributed by atoms with E-state index in [2.05, 4.69) is 4.72 Å². The van der Waals surface area contributed by atoms with Crippen molar-refractivity contribution in [1.29, 1.82) is 0 Å². The first-order valence-electron chi connectivity index (χ1n) is 7.42. The zero-order valence-electron chi connectivity index (χ0n) is 13.8. The number of esters is 1. The molecule has 2 rings (SSSR count). The van der Waals surface area contributed by atoms with Crippen molar-refractivity contribution in [1.82, 2.24) is 4.72 Å². The Morgan fingerprint density at radius 1 is 1.12 bits per heavy atom. The molecule has 2 aromatic rings. The molecular formula is C18H18ClNO4S. The molecule has 0 unspecified atom stereocenters. The number of rotatable bonds is 6. The number of carbonyl (C=O) groups is 1. The van der Waals surface area contributed by atoms with Gasteiger partial charge in [0.15, 0.2) is 0 Å². The fourth-order valence-electron chi connectivity index (χ4n) is 2.05. The lowest BCUT2D eigenvalue weighted by molar-refractivity contribution is -0.136. The van der Waals surface area contributed by atoms with E-state index >= 15 is 0 Å². The number of hydrogen-bond donors (Lipinski definition) is 1. The van der Waals surface area contributed by atoms with Gasteiger partial charge in [-0.3, -0.25) is 0 Å². The Balaban J connectivity index is 2.21. The van der Waals surface area contributed by atoms with Crippen LogP contribution in [0.4, 0.5) is 0 Å². The molecule has 7 heteroatoms. The van der Waals surface area contributed by atoms with Gasteiger partial charge in [0.2, 0.25) is 10.0 Å². The summed E-state index contributed by atoms with van der Waals surface area (Å²) in [6, 6.07) is 13.2. The standard InChI is InChI=1S/C18H18ClNO4S/c1-13-3-9-17(10-4-13)25(22,23)20-12-15(18(21)24-2)11-14-5-7-16(19)8-6-14/h3-11,20H,12H2,1-2H3/b15-11-. The van der Waals surface area contributed by atoms with Crippen LogP contribution in [0.15, 0.2) is 59.0 Å². The van der Waals surface area contributed by atoms with E-state index in [1.165, 1.54) is 19.2 Å². The van der Waals surface area contributed by atoms with Crippen LogP contribution in [-0.4, -0.2) is 28.0 Å². The maximum absolute atomic E-state index is 12.3. The molecular weight excluding hydrogens is 362 g/mol. The van der Waals surface area contributed by atoms with Crippen LogP contribution >= 0.6 is 11.6 Å². The van der Waals surface area contributed by atoms with Crippen molar-refractivity contribution in [3.8, 4) is 0 Å². The van der Waals surface area contributed by atoms with Gasteiger partial charge in [-0.25, -0.2) is 17.9 Å². The van der Waals surface area contributed by atoms with E-state index in [-0.39, 0.29) is 17.0 Å². The number of halogens is 1. The average molecular weight is 380 g/mol. The SMILES string of the molecule is COC(=O)/C(=C\c1ccc(Cl)cc1)CNS(=O)(=O)c1ccc(C)cc1. The first-order valence-corrected chi connectivity index (χ1v) is 9.29. The molecule has 0 radical (unpaired) electrons. The molecule has 0 aliphatic heterocycles. The molecule has 0 heterocycles. The summed E-state index contributed by atoms with van der Waals surface area (Å²) in [6.07, 6.45) is 1.56. The monoisotopic (exact) mass is 379 g/mol. The Morgan fingerprint density at radius 2 is 1.72 bits per heavy atom. The van der Waals surface area contributed by atoms with E-state index in [9.17, 15) is 13.2 Å². The largest absolute Gasteiger partial charge is 0.466 e. The Kier molecular flexibility index (Phi) is 6.36. The van der Waals surface area contributed by atoms with E-state index in [0.29, 0.717) is 10.6 Å². The van der Waals surface area contributed by atoms with Crippen molar-refractivity contribution in [2.24, 2.45) is 0 Å². The van der Waals surface area contributed by atoms with Crippen molar-refractivity contribution in [3.05, 3.63) is 70.3 Å². The van der Waals surface area contributed by atoms with Gasteiger partial charge in [-0.05, 0) is 42.8 Å². The molecule has 0 amide bonds. The number of hydrogen-bond acceptors (Lipinski definition) is 4. The highest BCUT2D eigenvalue weighted by Crippen LogP contribution is 2.14. The Hall–Kier alpha value is -2.15. The molecule has 25 heavy (non-hydrogen) atoms. The molecule has 0 saturated carbocycles. The highest BCUT2D eigenvalue weighted by Gasteiger charge is 2.17. The molecule has 0 aliphatic carbocycles. The summed E-state index contributed by atoms with van der Waals surface area (Å²) in [7, 11) is -2.49. The van der Waals surface area contributed by atoms with Gasteiger partial charge in [0.25, 0.3) is 0 Å². The first kappa shape index (κ1) is 19.2. The summed E-state index contributed by atoms with van der Waals surface area (Å²) in [5, 5.41) is 0.567. The second-order valence-electron chi connectivity index (χ2n) is 5.35. The molecule has 2 aromatic carbocycles. The van der Waals surface area contributed by atoms with E-state index in [1.54, 1.807) is 42.5 Å². The number of methoxy groups -OCH3 is 1. The quantitative estimate of drug-likeness (QED) is 0.618. The second-order valence-corrected chi connectivity index (χ2v) is 7.55. The third-order valence-electron chi connectivity index (χ3n) is 3.44. The summed E-state index contributed by atoms with van der Waals surface area (Å²) < 4.78 is 31.8. The van der Waals surface area contributed by atoms with Crippen molar-refractivity contribution in [2.75, 3.05) is 13.7 Å². The number of aryl methyl sites for hydroxylation is 1. The number of ether oxygens (including phenoxy) is 1. The molecule has 0 aliphatic rings. The van der Waals surface area contributed by atoms with Crippen LogP contribution in [0.5, 0.6) is 0 Å². The molecule has 1 N–H and O–H groups in total. The third-order valence-corrected chi connectivity index (χ3v) is 5.11. The summed E-state index contributed by atoms with van der Waals surface area (Å²) in [6.45, 7) is 1.68. The highest BCUT2D eigenvalue weighted by molar-refractivity contribution is 7.89. The Labute approximate surface area is 152 Å². The van der Waals surface area contributed by atoms with Crippen LogP contribution in [0.3, 0.4) is 0 Å². The molecule has 0 saturated heterocycles. The highest BCUT2D eigenvalue weighted by atomic mass is 35.5. The normalized spacial score (nSPS) is 12.0. The third kappa shape index (κ3) is 5.42. The van der Waals surface area contributed by atoms with Gasteiger partial charge >= 0.3 is 5.97 Å². The van der Waals surface area contributed by atoms with Gasteiger partial charge in [0.1, 0.15) is 0 Å². The van der Waals surface area contributed by atoms with Crippen molar-refractivity contribution in [2.45, 2.75) is 11.8 Å². The molecule has 5 nitrogen and oxygen atoms in total. The van der Waals surface area contributed by atoms with Crippen molar-refractivity contribution >= 4 is 33.7 Å². The Bertz CT molecular complexity index is 872. The zero-order valence-corrected chi connectivity index (χ0v) is 15.4. The number of sulfonamides is 1. The fraction of sp³-hybridized carbons (Fsp3) is 0.167. The van der Waals surface area contributed by atoms with E-state index in [4.69, 9.17) is 16.3 Å². The van der Waals surface area contributed by atoms with E-state index < -0.39 is 16.0 Å². The lowest BCUT2D eigenvalue weighted by Gasteiger charge is -2.09. The summed E-state index contributed by atoms with van der Waals surface area (Å²) in [5.74, 6) is -0.610. The molecule has 0 aromatic heterocycles. The van der Waals surface area contributed by atoms with Crippen LogP contribution in [-0.2, 0) is 19.6 Å². The lowest BCUT2D eigenvalue weighted by Crippen LogP contribution is -2.28. The lowest BCUT2D eigenvalue weighted by atomic mass is 10.1. The molecule has 132 valence electrons. The molecule has 0 bridgehead atoms. The number of carbonyl (C=O) groups excluding carboxylic acids is 1. The summed E-state index contributed by atoms with van der Waals surface area (Å²) in [5.41, 5.74) is 1.84. The number of benzene rings is 2. The van der Waals surface area contributed by atoms with Gasteiger partial charge in [0, 0.05) is 11.6 Å². The summed E-state index contributed by atoms with van der Waals surface area (Å²) >= 11 is 5.83. The smallest absolute Gasteiger partial charge is 0.335 e. The molecule has 0 atom stereocenters. The minimum Gasteiger partial charge on any atom is -0.466 e. The Morgan fingerprint density at radius 3 is 2.28 bits per heavy atom. The minimum atomic E-state index is -3.73. The fourth-order valence-corrected chi connectivity index (χ4v) is 3.18. The van der Waals surface area contributed by atoms with Gasteiger partial charge in [0.05, 0.1) is 17.6 Å². The molecule has 0 spiro atoms. The van der Waals surface area contributed by atoms with Crippen LogP contribution in [0.1, 0.15) is 11.1 Å². The van der Waals surface area contributed by atoms with Crippen LogP contribution < -0.4 is 4.72 Å². The van der Waals surface area contributed by atoms with E-state index in [0.717, 1.165) is 5.56 Å². The van der Waals surface area contributed by atoms with Gasteiger partial charge < -0.3 is 4.74 Å². The van der Waals surface area contributed by atoms with Crippen LogP contribution in [0, 0.1) is 6.92 Å². The van der Waals surface area contributed by atoms with Crippen molar-refractivity contribution < 1.29 is 17.9 Å². The van der Waals surface area contributed by atoms with Gasteiger partial charge in [-0.1, -0.05) is 41.4 Å². The van der Waals surface area contributed by atoms with Crippen LogP contribution in [0.25, 0.3) is 6.08 Å². The van der Waals surface area contributed by atoms with Crippen molar-refractivity contribution in [3.63, 3.8) is 0 Å². The summed E-state index contributed by atoms with van der Waals surface area (Å²) in [4.78, 5) is 12.1. The van der Waals surface area contributed by atoms with Gasteiger partial charge in [-0.15, -0.1) is 0 Å². The number of nitrogens with one attached hydrogen (secondary N) is 1. The van der Waals surface area contributed by atoms with Gasteiger partial charge in [-0.2, -0.15) is 0 Å². The second kappa shape index (κ2) is 8.29. The predicted octanol–water partition coefficient (Wildman–Crippen LogP) is 3.18. The topological polar surface area (TPSA) is 72.5 Å². The zero-order chi connectivity index (χ0) is 18.4.